The summed E-state index contributed by atoms with van der Waals surface area (Å²) in [6, 6.07) is 2.17. The maximum atomic E-state index is 4.14. The van der Waals surface area contributed by atoms with Crippen LogP contribution < -0.4 is 5.32 Å². The SMILES string of the molecule is CC(C)Nc1cc2nccnc2nn1. The molecule has 0 amide bonds. The van der Waals surface area contributed by atoms with Crippen LogP contribution in [0.1, 0.15) is 13.8 Å². The Hall–Kier alpha value is -1.78. The largest absolute Gasteiger partial charge is 0.366 e. The average molecular weight is 189 g/mol. The first kappa shape index (κ1) is 8.80. The minimum atomic E-state index is 0.332. The van der Waals surface area contributed by atoms with Gasteiger partial charge in [0.1, 0.15) is 5.52 Å². The predicted octanol–water partition coefficient (Wildman–Crippen LogP) is 1.24. The van der Waals surface area contributed by atoms with Gasteiger partial charge in [-0.15, -0.1) is 10.2 Å². The van der Waals surface area contributed by atoms with E-state index in [9.17, 15) is 0 Å². The van der Waals surface area contributed by atoms with Crippen molar-refractivity contribution in [2.45, 2.75) is 19.9 Å². The molecule has 0 aliphatic rings. The van der Waals surface area contributed by atoms with Crippen LogP contribution >= 0.6 is 0 Å². The van der Waals surface area contributed by atoms with Gasteiger partial charge in [0.05, 0.1) is 0 Å². The highest BCUT2D eigenvalue weighted by Gasteiger charge is 2.01. The maximum Gasteiger partial charge on any atom is 0.200 e. The smallest absolute Gasteiger partial charge is 0.200 e. The van der Waals surface area contributed by atoms with E-state index in [1.54, 1.807) is 12.4 Å². The van der Waals surface area contributed by atoms with Gasteiger partial charge in [0.25, 0.3) is 0 Å². The quantitative estimate of drug-likeness (QED) is 0.770. The van der Waals surface area contributed by atoms with Gasteiger partial charge < -0.3 is 5.32 Å². The first-order valence-electron chi connectivity index (χ1n) is 4.46. The van der Waals surface area contributed by atoms with Crippen LogP contribution in [0.2, 0.25) is 0 Å². The number of nitrogens with zero attached hydrogens (tertiary/aromatic N) is 4. The van der Waals surface area contributed by atoms with E-state index in [0.29, 0.717) is 11.7 Å². The maximum absolute atomic E-state index is 4.14. The van der Waals surface area contributed by atoms with E-state index >= 15 is 0 Å². The van der Waals surface area contributed by atoms with Gasteiger partial charge in [-0.3, -0.25) is 4.98 Å². The molecule has 72 valence electrons. The van der Waals surface area contributed by atoms with Crippen molar-refractivity contribution >= 4 is 17.0 Å². The van der Waals surface area contributed by atoms with E-state index in [-0.39, 0.29) is 0 Å². The lowest BCUT2D eigenvalue weighted by Crippen LogP contribution is -2.11. The molecule has 0 aromatic carbocycles. The van der Waals surface area contributed by atoms with E-state index in [2.05, 4.69) is 25.5 Å². The van der Waals surface area contributed by atoms with Gasteiger partial charge in [0.15, 0.2) is 5.82 Å². The average Bonchev–Trinajstić information content (AvgIpc) is 2.17. The summed E-state index contributed by atoms with van der Waals surface area (Å²) >= 11 is 0. The van der Waals surface area contributed by atoms with Crippen LogP contribution in [0.25, 0.3) is 11.2 Å². The number of rotatable bonds is 2. The summed E-state index contributed by atoms with van der Waals surface area (Å²) in [4.78, 5) is 8.18. The predicted molar refractivity (Wildman–Crippen MR) is 53.9 cm³/mol. The van der Waals surface area contributed by atoms with Crippen LogP contribution in [0.15, 0.2) is 18.5 Å². The van der Waals surface area contributed by atoms with Crippen molar-refractivity contribution in [3.05, 3.63) is 18.5 Å². The minimum Gasteiger partial charge on any atom is -0.366 e. The van der Waals surface area contributed by atoms with Crippen molar-refractivity contribution in [2.75, 3.05) is 5.32 Å². The van der Waals surface area contributed by atoms with Crippen molar-refractivity contribution in [3.63, 3.8) is 0 Å². The van der Waals surface area contributed by atoms with Gasteiger partial charge in [-0.25, -0.2) is 4.98 Å². The molecule has 0 saturated heterocycles. The molecule has 2 heterocycles. The Kier molecular flexibility index (Phi) is 2.22. The lowest BCUT2D eigenvalue weighted by Gasteiger charge is -2.07. The van der Waals surface area contributed by atoms with E-state index in [1.165, 1.54) is 0 Å². The zero-order valence-corrected chi connectivity index (χ0v) is 8.10. The van der Waals surface area contributed by atoms with Crippen LogP contribution in [0, 0.1) is 0 Å². The number of nitrogens with one attached hydrogen (secondary N) is 1. The molecule has 0 radical (unpaired) electrons. The van der Waals surface area contributed by atoms with Crippen molar-refractivity contribution in [1.82, 2.24) is 20.2 Å². The molecule has 5 heteroatoms. The Bertz CT molecular complexity index is 440. The highest BCUT2D eigenvalue weighted by atomic mass is 15.2. The zero-order valence-electron chi connectivity index (χ0n) is 8.10. The number of aromatic nitrogens is 4. The van der Waals surface area contributed by atoms with Crippen molar-refractivity contribution < 1.29 is 0 Å². The summed E-state index contributed by atoms with van der Waals surface area (Å²) in [5.74, 6) is 0.730. The number of anilines is 1. The van der Waals surface area contributed by atoms with E-state index in [0.717, 1.165) is 11.3 Å². The van der Waals surface area contributed by atoms with Gasteiger partial charge in [0.2, 0.25) is 5.65 Å². The highest BCUT2D eigenvalue weighted by Crippen LogP contribution is 2.09. The molecule has 0 unspecified atom stereocenters. The molecule has 0 fully saturated rings. The molecule has 1 N–H and O–H groups in total. The second kappa shape index (κ2) is 3.53. The van der Waals surface area contributed by atoms with Crippen molar-refractivity contribution in [3.8, 4) is 0 Å². The minimum absolute atomic E-state index is 0.332. The molecule has 0 aliphatic heterocycles. The Morgan fingerprint density at radius 1 is 1.14 bits per heavy atom. The Balaban J connectivity index is 2.41. The van der Waals surface area contributed by atoms with Gasteiger partial charge in [0, 0.05) is 24.5 Å². The van der Waals surface area contributed by atoms with Gasteiger partial charge >= 0.3 is 0 Å². The molecule has 2 rings (SSSR count). The third-order valence-electron chi connectivity index (χ3n) is 1.67. The molecule has 0 saturated carbocycles. The normalized spacial score (nSPS) is 10.8. The Morgan fingerprint density at radius 2 is 1.93 bits per heavy atom. The molecule has 2 aromatic rings. The van der Waals surface area contributed by atoms with Crippen molar-refractivity contribution in [1.29, 1.82) is 0 Å². The number of hydrogen-bond acceptors (Lipinski definition) is 5. The molecule has 2 aromatic heterocycles. The summed E-state index contributed by atoms with van der Waals surface area (Å²) in [5.41, 5.74) is 1.33. The van der Waals surface area contributed by atoms with Crippen molar-refractivity contribution in [2.24, 2.45) is 0 Å². The summed E-state index contributed by atoms with van der Waals surface area (Å²) in [6.45, 7) is 4.09. The number of fused-ring (bicyclic) bond motifs is 1. The van der Waals surface area contributed by atoms with E-state index in [4.69, 9.17) is 0 Å². The van der Waals surface area contributed by atoms with Gasteiger partial charge in [-0.2, -0.15) is 0 Å². The fourth-order valence-electron chi connectivity index (χ4n) is 1.15. The standard InChI is InChI=1S/C9H11N5/c1-6(2)12-8-5-7-9(14-13-8)11-4-3-10-7/h3-6H,1-2H3,(H,12,13). The third-order valence-corrected chi connectivity index (χ3v) is 1.67. The lowest BCUT2D eigenvalue weighted by molar-refractivity contribution is 0.876. The number of hydrogen-bond donors (Lipinski definition) is 1. The summed E-state index contributed by atoms with van der Waals surface area (Å²) in [6.07, 6.45) is 3.25. The molecule has 0 spiro atoms. The summed E-state index contributed by atoms with van der Waals surface area (Å²) in [7, 11) is 0. The monoisotopic (exact) mass is 189 g/mol. The van der Waals surface area contributed by atoms with Gasteiger partial charge in [-0.1, -0.05) is 0 Å². The second-order valence-corrected chi connectivity index (χ2v) is 3.29. The summed E-state index contributed by atoms with van der Waals surface area (Å²) < 4.78 is 0. The van der Waals surface area contributed by atoms with Crippen LogP contribution in [-0.2, 0) is 0 Å². The van der Waals surface area contributed by atoms with Crippen LogP contribution in [0.3, 0.4) is 0 Å². The molecule has 0 atom stereocenters. The van der Waals surface area contributed by atoms with E-state index < -0.39 is 0 Å². The van der Waals surface area contributed by atoms with Gasteiger partial charge in [-0.05, 0) is 13.8 Å². The molecular weight excluding hydrogens is 178 g/mol. The first-order valence-corrected chi connectivity index (χ1v) is 4.46. The fraction of sp³-hybridized carbons (Fsp3) is 0.333. The third kappa shape index (κ3) is 1.76. The first-order chi connectivity index (χ1) is 6.75. The van der Waals surface area contributed by atoms with Crippen LogP contribution in [-0.4, -0.2) is 26.2 Å². The molecule has 0 aliphatic carbocycles. The molecule has 14 heavy (non-hydrogen) atoms. The van der Waals surface area contributed by atoms with Crippen LogP contribution in [0.4, 0.5) is 5.82 Å². The topological polar surface area (TPSA) is 63.6 Å². The van der Waals surface area contributed by atoms with E-state index in [1.807, 2.05) is 19.9 Å². The zero-order chi connectivity index (χ0) is 9.97. The highest BCUT2D eigenvalue weighted by molar-refractivity contribution is 5.71. The Morgan fingerprint density at radius 3 is 2.71 bits per heavy atom. The lowest BCUT2D eigenvalue weighted by atomic mass is 10.4. The molecular formula is C9H11N5. The second-order valence-electron chi connectivity index (χ2n) is 3.29. The summed E-state index contributed by atoms with van der Waals surface area (Å²) in [5, 5.41) is 11.1. The molecule has 0 bridgehead atoms. The fourth-order valence-corrected chi connectivity index (χ4v) is 1.15. The Labute approximate surface area is 81.6 Å². The van der Waals surface area contributed by atoms with Crippen LogP contribution in [0.5, 0.6) is 0 Å². The molecule has 5 nitrogen and oxygen atoms in total.